The average molecular weight is 514 g/mol. The number of hydrogen-bond donors (Lipinski definition) is 1. The summed E-state index contributed by atoms with van der Waals surface area (Å²) in [6, 6.07) is 28.1. The molecule has 192 valence electrons. The summed E-state index contributed by atoms with van der Waals surface area (Å²) in [5.74, 6) is -0.0932. The maximum absolute atomic E-state index is 13.3. The number of carbonyl (C=O) groups is 1. The monoisotopic (exact) mass is 513 g/mol. The quantitative estimate of drug-likeness (QED) is 0.245. The predicted octanol–water partition coefficient (Wildman–Crippen LogP) is 7.50. The molecular weight excluding hydrogens is 487 g/mol. The van der Waals surface area contributed by atoms with Crippen LogP contribution in [0.3, 0.4) is 0 Å². The molecule has 0 unspecified atom stereocenters. The van der Waals surface area contributed by atoms with E-state index in [9.17, 15) is 18.0 Å². The van der Waals surface area contributed by atoms with Gasteiger partial charge >= 0.3 is 6.18 Å². The Labute approximate surface area is 218 Å². The zero-order chi connectivity index (χ0) is 26.7. The van der Waals surface area contributed by atoms with Gasteiger partial charge in [0, 0.05) is 18.2 Å². The molecule has 0 radical (unpaired) electrons. The van der Waals surface area contributed by atoms with Crippen LogP contribution in [0.5, 0.6) is 0 Å². The highest BCUT2D eigenvalue weighted by Gasteiger charge is 2.30. The minimum absolute atomic E-state index is 0.0932. The Hall–Kier alpha value is -4.39. The SMILES string of the molecule is C[C@@H](NC(=O)CCc1c(-c2ccccc2)nc2ccc(-c3cccc(C(F)(F)F)c3)cn12)c1ccccc1. The Kier molecular flexibility index (Phi) is 7.01. The standard InChI is InChI=1S/C31H26F3N3O/c1-21(22-9-4-2-5-10-22)35-29(38)18-16-27-30(23-11-6-3-7-12-23)36-28-17-15-25(20-37(27)28)24-13-8-14-26(19-24)31(32,33)34/h2-15,17,19-21H,16,18H2,1H3,(H,35,38)/t21-/m1/s1. The molecule has 0 aliphatic heterocycles. The van der Waals surface area contributed by atoms with E-state index in [1.807, 2.05) is 72.0 Å². The van der Waals surface area contributed by atoms with Gasteiger partial charge in [-0.3, -0.25) is 4.79 Å². The van der Waals surface area contributed by atoms with Gasteiger partial charge in [-0.2, -0.15) is 13.2 Å². The first-order valence-corrected chi connectivity index (χ1v) is 12.4. The van der Waals surface area contributed by atoms with Crippen LogP contribution in [0.15, 0.2) is 103 Å². The first kappa shape index (κ1) is 25.3. The number of hydrogen-bond acceptors (Lipinski definition) is 2. The second-order valence-corrected chi connectivity index (χ2v) is 9.20. The summed E-state index contributed by atoms with van der Waals surface area (Å²) in [5, 5.41) is 3.05. The molecule has 2 heterocycles. The van der Waals surface area contributed by atoms with Crippen molar-refractivity contribution in [2.24, 2.45) is 0 Å². The molecule has 0 saturated carbocycles. The third kappa shape index (κ3) is 5.47. The maximum atomic E-state index is 13.3. The molecule has 5 rings (SSSR count). The molecule has 0 fully saturated rings. The van der Waals surface area contributed by atoms with Crippen molar-refractivity contribution in [3.8, 4) is 22.4 Å². The molecule has 0 aliphatic carbocycles. The van der Waals surface area contributed by atoms with Crippen LogP contribution in [0.2, 0.25) is 0 Å². The molecule has 4 nitrogen and oxygen atoms in total. The van der Waals surface area contributed by atoms with Crippen molar-refractivity contribution in [2.45, 2.75) is 32.0 Å². The number of alkyl halides is 3. The zero-order valence-corrected chi connectivity index (χ0v) is 20.7. The van der Waals surface area contributed by atoms with Crippen LogP contribution in [0.4, 0.5) is 13.2 Å². The van der Waals surface area contributed by atoms with E-state index in [1.165, 1.54) is 6.07 Å². The summed E-state index contributed by atoms with van der Waals surface area (Å²) < 4.78 is 41.8. The van der Waals surface area contributed by atoms with E-state index in [0.717, 1.165) is 34.6 Å². The van der Waals surface area contributed by atoms with Gasteiger partial charge in [-0.15, -0.1) is 0 Å². The van der Waals surface area contributed by atoms with Crippen molar-refractivity contribution in [3.05, 3.63) is 120 Å². The molecule has 0 aliphatic rings. The third-order valence-electron chi connectivity index (χ3n) is 6.55. The number of pyridine rings is 1. The number of imidazole rings is 1. The van der Waals surface area contributed by atoms with Crippen molar-refractivity contribution in [1.29, 1.82) is 0 Å². The third-order valence-corrected chi connectivity index (χ3v) is 6.55. The smallest absolute Gasteiger partial charge is 0.350 e. The van der Waals surface area contributed by atoms with Gasteiger partial charge in [-0.1, -0.05) is 72.8 Å². The summed E-state index contributed by atoms with van der Waals surface area (Å²) in [5.41, 5.74) is 4.54. The maximum Gasteiger partial charge on any atom is 0.416 e. The minimum atomic E-state index is -4.43. The fraction of sp³-hybridized carbons (Fsp3) is 0.161. The van der Waals surface area contributed by atoms with E-state index >= 15 is 0 Å². The topological polar surface area (TPSA) is 46.4 Å². The number of aromatic nitrogens is 2. The van der Waals surface area contributed by atoms with E-state index in [1.54, 1.807) is 24.4 Å². The Morgan fingerprint density at radius 1 is 0.868 bits per heavy atom. The van der Waals surface area contributed by atoms with Crippen molar-refractivity contribution >= 4 is 11.6 Å². The summed E-state index contributed by atoms with van der Waals surface area (Å²) >= 11 is 0. The zero-order valence-electron chi connectivity index (χ0n) is 20.7. The fourth-order valence-electron chi connectivity index (χ4n) is 4.58. The minimum Gasteiger partial charge on any atom is -0.350 e. The lowest BCUT2D eigenvalue weighted by molar-refractivity contribution is -0.137. The van der Waals surface area contributed by atoms with Crippen molar-refractivity contribution in [2.75, 3.05) is 0 Å². The number of carbonyl (C=O) groups excluding carboxylic acids is 1. The van der Waals surface area contributed by atoms with Gasteiger partial charge in [0.25, 0.3) is 0 Å². The number of aryl methyl sites for hydroxylation is 1. The second kappa shape index (κ2) is 10.5. The Morgan fingerprint density at radius 3 is 2.26 bits per heavy atom. The molecule has 38 heavy (non-hydrogen) atoms. The van der Waals surface area contributed by atoms with Crippen LogP contribution < -0.4 is 5.32 Å². The fourth-order valence-corrected chi connectivity index (χ4v) is 4.58. The van der Waals surface area contributed by atoms with Gasteiger partial charge in [0.2, 0.25) is 5.91 Å². The van der Waals surface area contributed by atoms with Gasteiger partial charge in [0.15, 0.2) is 0 Å². The number of nitrogens with zero attached hydrogens (tertiary/aromatic N) is 2. The van der Waals surface area contributed by atoms with Crippen LogP contribution in [0.25, 0.3) is 28.0 Å². The van der Waals surface area contributed by atoms with Gasteiger partial charge in [0.05, 0.1) is 23.0 Å². The Bertz CT molecular complexity index is 1560. The average Bonchev–Trinajstić information content (AvgIpc) is 3.30. The lowest BCUT2D eigenvalue weighted by atomic mass is 10.0. The molecule has 7 heteroatoms. The normalized spacial score (nSPS) is 12.4. The predicted molar refractivity (Wildman–Crippen MR) is 142 cm³/mol. The van der Waals surface area contributed by atoms with Crippen LogP contribution >= 0.6 is 0 Å². The highest BCUT2D eigenvalue weighted by atomic mass is 19.4. The summed E-state index contributed by atoms with van der Waals surface area (Å²) in [6.07, 6.45) is -1.99. The Morgan fingerprint density at radius 2 is 1.55 bits per heavy atom. The van der Waals surface area contributed by atoms with Gasteiger partial charge in [0.1, 0.15) is 5.65 Å². The number of amides is 1. The highest BCUT2D eigenvalue weighted by molar-refractivity contribution is 5.77. The lowest BCUT2D eigenvalue weighted by Crippen LogP contribution is -2.26. The van der Waals surface area contributed by atoms with E-state index in [2.05, 4.69) is 5.32 Å². The van der Waals surface area contributed by atoms with Crippen LogP contribution in [0, 0.1) is 0 Å². The second-order valence-electron chi connectivity index (χ2n) is 9.20. The molecule has 1 N–H and O–H groups in total. The van der Waals surface area contributed by atoms with Crippen molar-refractivity contribution < 1.29 is 18.0 Å². The van der Waals surface area contributed by atoms with E-state index in [-0.39, 0.29) is 18.4 Å². The van der Waals surface area contributed by atoms with Gasteiger partial charge in [-0.25, -0.2) is 4.98 Å². The summed E-state index contributed by atoms with van der Waals surface area (Å²) in [6.45, 7) is 1.94. The molecule has 2 aromatic heterocycles. The first-order chi connectivity index (χ1) is 18.3. The van der Waals surface area contributed by atoms with Crippen LogP contribution in [0.1, 0.15) is 36.2 Å². The molecular formula is C31H26F3N3O. The van der Waals surface area contributed by atoms with Gasteiger partial charge in [-0.05, 0) is 54.3 Å². The van der Waals surface area contributed by atoms with E-state index in [0.29, 0.717) is 23.2 Å². The van der Waals surface area contributed by atoms with Crippen molar-refractivity contribution in [3.63, 3.8) is 0 Å². The number of rotatable bonds is 7. The number of benzene rings is 3. The van der Waals surface area contributed by atoms with E-state index < -0.39 is 11.7 Å². The first-order valence-electron chi connectivity index (χ1n) is 12.4. The molecule has 1 amide bonds. The summed E-state index contributed by atoms with van der Waals surface area (Å²) in [4.78, 5) is 17.7. The highest BCUT2D eigenvalue weighted by Crippen LogP contribution is 2.33. The van der Waals surface area contributed by atoms with Crippen LogP contribution in [-0.4, -0.2) is 15.3 Å². The number of nitrogens with one attached hydrogen (secondary N) is 1. The Balaban J connectivity index is 1.48. The van der Waals surface area contributed by atoms with Crippen molar-refractivity contribution in [1.82, 2.24) is 14.7 Å². The molecule has 5 aromatic rings. The molecule has 0 bridgehead atoms. The summed E-state index contributed by atoms with van der Waals surface area (Å²) in [7, 11) is 0. The molecule has 3 aromatic carbocycles. The molecule has 1 atom stereocenters. The van der Waals surface area contributed by atoms with E-state index in [4.69, 9.17) is 4.98 Å². The molecule has 0 spiro atoms. The number of halogens is 3. The largest absolute Gasteiger partial charge is 0.416 e. The molecule has 0 saturated heterocycles. The number of fused-ring (bicyclic) bond motifs is 1. The van der Waals surface area contributed by atoms with Gasteiger partial charge < -0.3 is 9.72 Å². The lowest BCUT2D eigenvalue weighted by Gasteiger charge is -2.14. The van der Waals surface area contributed by atoms with Crippen LogP contribution in [-0.2, 0) is 17.4 Å².